The van der Waals surface area contributed by atoms with Gasteiger partial charge in [0.15, 0.2) is 12.2 Å². The summed E-state index contributed by atoms with van der Waals surface area (Å²) in [5.41, 5.74) is 0. The first kappa shape index (κ1) is 89.1. The van der Waals surface area contributed by atoms with Crippen molar-refractivity contribution < 1.29 is 80.2 Å². The van der Waals surface area contributed by atoms with Gasteiger partial charge in [-0.2, -0.15) is 0 Å². The molecule has 0 bridgehead atoms. The first-order valence-electron chi connectivity index (χ1n) is 37.6. The SMILES string of the molecule is CCCCCCCCCCCCCCCCCCCCC(=O)O[C@H](COC(=O)CCCCCCCCCCCCCCCCCC)COP(=O)(O)OC[C@@H](O)COP(=O)(O)OC[C@@H](COC(=O)CCCCCCCCCC)OC(=O)CCCCCCCCC(C)C. The Labute approximate surface area is 556 Å². The van der Waals surface area contributed by atoms with Crippen LogP contribution in [0.5, 0.6) is 0 Å². The van der Waals surface area contributed by atoms with Gasteiger partial charge in [0.05, 0.1) is 26.4 Å². The van der Waals surface area contributed by atoms with Crippen LogP contribution >= 0.6 is 15.6 Å². The second kappa shape index (κ2) is 65.4. The average molecular weight is 1340 g/mol. The molecule has 0 aliphatic heterocycles. The van der Waals surface area contributed by atoms with Crippen molar-refractivity contribution >= 4 is 39.5 Å². The molecule has 0 saturated carbocycles. The highest BCUT2D eigenvalue weighted by atomic mass is 31.2. The van der Waals surface area contributed by atoms with Crippen LogP contribution < -0.4 is 0 Å². The molecule has 91 heavy (non-hydrogen) atoms. The van der Waals surface area contributed by atoms with Gasteiger partial charge in [-0.25, -0.2) is 9.13 Å². The standard InChI is InChI=1S/C72H140O17P2/c1-6-9-12-15-18-21-23-25-27-29-30-32-34-36-38-41-47-52-57-71(76)88-67(61-83-70(75)56-51-46-40-37-35-33-31-28-26-24-22-19-16-13-10-7-2)63-86-90(78,79)84-59-66(73)60-85-91(80,81)87-64-68(62-82-69(74)55-50-45-39-20-17-14-11-8-3)89-72(77)58-53-48-43-42-44-49-54-65(4)5/h65-68,73H,6-64H2,1-5H3,(H,78,79)(H,80,81)/t66-,67-,68-/m1/s1. The number of unbranched alkanes of at least 4 members (excludes halogenated alkanes) is 44. The first-order chi connectivity index (χ1) is 44.0. The summed E-state index contributed by atoms with van der Waals surface area (Å²) < 4.78 is 68.2. The summed E-state index contributed by atoms with van der Waals surface area (Å²) in [6.45, 7) is 7.14. The lowest BCUT2D eigenvalue weighted by molar-refractivity contribution is -0.161. The van der Waals surface area contributed by atoms with Gasteiger partial charge in [-0.3, -0.25) is 37.3 Å². The van der Waals surface area contributed by atoms with Gasteiger partial charge in [-0.15, -0.1) is 0 Å². The zero-order valence-electron chi connectivity index (χ0n) is 59.0. The van der Waals surface area contributed by atoms with Crippen LogP contribution in [0.3, 0.4) is 0 Å². The minimum atomic E-state index is -4.95. The van der Waals surface area contributed by atoms with Crippen molar-refractivity contribution in [2.24, 2.45) is 5.92 Å². The lowest BCUT2D eigenvalue weighted by Crippen LogP contribution is -2.30. The van der Waals surface area contributed by atoms with E-state index in [1.807, 2.05) is 0 Å². The van der Waals surface area contributed by atoms with Crippen molar-refractivity contribution in [2.75, 3.05) is 39.6 Å². The number of phosphoric ester groups is 2. The fourth-order valence-corrected chi connectivity index (χ4v) is 12.6. The lowest BCUT2D eigenvalue weighted by atomic mass is 10.0. The second-order valence-corrected chi connectivity index (χ2v) is 29.4. The number of ether oxygens (including phenoxy) is 4. The molecule has 19 heteroatoms. The number of hydrogen-bond donors (Lipinski definition) is 3. The molecule has 0 aliphatic carbocycles. The number of aliphatic hydroxyl groups excluding tert-OH is 1. The van der Waals surface area contributed by atoms with Crippen LogP contribution in [0.25, 0.3) is 0 Å². The highest BCUT2D eigenvalue weighted by molar-refractivity contribution is 7.47. The first-order valence-corrected chi connectivity index (χ1v) is 40.6. The quantitative estimate of drug-likeness (QED) is 0.0222. The van der Waals surface area contributed by atoms with Gasteiger partial charge in [0, 0.05) is 25.7 Å². The summed E-state index contributed by atoms with van der Waals surface area (Å²) in [6.07, 6.45) is 53.0. The van der Waals surface area contributed by atoms with Crippen molar-refractivity contribution in [1.82, 2.24) is 0 Å². The molecule has 5 atom stereocenters. The summed E-state index contributed by atoms with van der Waals surface area (Å²) >= 11 is 0. The zero-order chi connectivity index (χ0) is 67.0. The number of aliphatic hydroxyl groups is 1. The third-order valence-corrected chi connectivity index (χ3v) is 18.7. The smallest absolute Gasteiger partial charge is 0.462 e. The summed E-state index contributed by atoms with van der Waals surface area (Å²) in [5.74, 6) is -1.46. The van der Waals surface area contributed by atoms with E-state index in [1.54, 1.807) is 0 Å². The molecule has 0 fully saturated rings. The van der Waals surface area contributed by atoms with Gasteiger partial charge < -0.3 is 33.8 Å². The molecule has 17 nitrogen and oxygen atoms in total. The molecule has 0 heterocycles. The fraction of sp³-hybridized carbons (Fsp3) is 0.944. The average Bonchev–Trinajstić information content (AvgIpc) is 3.66. The van der Waals surface area contributed by atoms with Crippen LogP contribution in [0.15, 0.2) is 0 Å². The molecule has 0 aromatic rings. The molecule has 0 aromatic heterocycles. The molecular formula is C72H140O17P2. The predicted molar refractivity (Wildman–Crippen MR) is 368 cm³/mol. The Morgan fingerprint density at radius 3 is 0.747 bits per heavy atom. The molecule has 540 valence electrons. The number of esters is 4. The summed E-state index contributed by atoms with van der Waals surface area (Å²) in [4.78, 5) is 72.5. The van der Waals surface area contributed by atoms with E-state index >= 15 is 0 Å². The molecule has 0 amide bonds. The van der Waals surface area contributed by atoms with Gasteiger partial charge in [-0.1, -0.05) is 324 Å². The van der Waals surface area contributed by atoms with E-state index in [-0.39, 0.29) is 25.7 Å². The van der Waals surface area contributed by atoms with E-state index in [9.17, 15) is 43.2 Å². The monoisotopic (exact) mass is 1340 g/mol. The van der Waals surface area contributed by atoms with Crippen molar-refractivity contribution in [3.05, 3.63) is 0 Å². The van der Waals surface area contributed by atoms with Crippen LogP contribution in [0.4, 0.5) is 0 Å². The van der Waals surface area contributed by atoms with Crippen molar-refractivity contribution in [2.45, 2.75) is 393 Å². The lowest BCUT2D eigenvalue weighted by Gasteiger charge is -2.21. The van der Waals surface area contributed by atoms with E-state index in [2.05, 4.69) is 34.6 Å². The van der Waals surface area contributed by atoms with Gasteiger partial charge >= 0.3 is 39.5 Å². The van der Waals surface area contributed by atoms with E-state index in [1.165, 1.54) is 193 Å². The van der Waals surface area contributed by atoms with Crippen LogP contribution in [-0.2, 0) is 65.4 Å². The number of carbonyl (C=O) groups is 4. The number of carbonyl (C=O) groups excluding carboxylic acids is 4. The van der Waals surface area contributed by atoms with Gasteiger partial charge in [0.25, 0.3) is 0 Å². The Morgan fingerprint density at radius 1 is 0.297 bits per heavy atom. The van der Waals surface area contributed by atoms with Crippen LogP contribution in [0, 0.1) is 5.92 Å². The summed E-state index contributed by atoms with van der Waals surface area (Å²) in [6, 6.07) is 0. The molecule has 0 aromatic carbocycles. The molecule has 0 aliphatic rings. The molecular weight excluding hydrogens is 1200 g/mol. The summed E-state index contributed by atoms with van der Waals surface area (Å²) in [5, 5.41) is 10.6. The predicted octanol–water partition coefficient (Wildman–Crippen LogP) is 20.9. The highest BCUT2D eigenvalue weighted by Crippen LogP contribution is 2.45. The number of rotatable bonds is 72. The largest absolute Gasteiger partial charge is 0.472 e. The molecule has 0 radical (unpaired) electrons. The minimum absolute atomic E-state index is 0.102. The fourth-order valence-electron chi connectivity index (χ4n) is 11.0. The number of hydrogen-bond acceptors (Lipinski definition) is 15. The second-order valence-electron chi connectivity index (χ2n) is 26.5. The van der Waals surface area contributed by atoms with Gasteiger partial charge in [-0.05, 0) is 31.6 Å². The summed E-state index contributed by atoms with van der Waals surface area (Å²) in [7, 11) is -9.90. The van der Waals surface area contributed by atoms with E-state index in [0.717, 1.165) is 96.3 Å². The minimum Gasteiger partial charge on any atom is -0.462 e. The Bertz CT molecular complexity index is 1750. The maximum Gasteiger partial charge on any atom is 0.472 e. The maximum absolute atomic E-state index is 13.0. The number of phosphoric acid groups is 2. The molecule has 0 rings (SSSR count). The van der Waals surface area contributed by atoms with Gasteiger partial charge in [0.2, 0.25) is 0 Å². The highest BCUT2D eigenvalue weighted by Gasteiger charge is 2.30. The Balaban J connectivity index is 5.18. The normalized spacial score (nSPS) is 14.0. The Hall–Kier alpha value is -1.94. The van der Waals surface area contributed by atoms with Gasteiger partial charge in [0.1, 0.15) is 19.3 Å². The molecule has 3 N–H and O–H groups in total. The Morgan fingerprint density at radius 2 is 0.505 bits per heavy atom. The molecule has 0 spiro atoms. The van der Waals surface area contributed by atoms with Crippen LogP contribution in [0.1, 0.15) is 375 Å². The van der Waals surface area contributed by atoms with Crippen molar-refractivity contribution in [1.29, 1.82) is 0 Å². The van der Waals surface area contributed by atoms with Crippen LogP contribution in [-0.4, -0.2) is 96.7 Å². The topological polar surface area (TPSA) is 237 Å². The third-order valence-electron chi connectivity index (χ3n) is 16.8. The zero-order valence-corrected chi connectivity index (χ0v) is 60.8. The van der Waals surface area contributed by atoms with E-state index < -0.39 is 97.5 Å². The Kier molecular flexibility index (Phi) is 64.0. The third kappa shape index (κ3) is 66.5. The van der Waals surface area contributed by atoms with Crippen LogP contribution in [0.2, 0.25) is 0 Å². The maximum atomic E-state index is 13.0. The molecule has 0 saturated heterocycles. The molecule has 2 unspecified atom stereocenters. The van der Waals surface area contributed by atoms with Crippen molar-refractivity contribution in [3.8, 4) is 0 Å². The van der Waals surface area contributed by atoms with Crippen molar-refractivity contribution in [3.63, 3.8) is 0 Å². The van der Waals surface area contributed by atoms with E-state index in [4.69, 9.17) is 37.0 Å². The van der Waals surface area contributed by atoms with E-state index in [0.29, 0.717) is 31.6 Å².